The normalized spacial score (nSPS) is 14.3. The molecule has 2 amide bonds. The number of rotatable bonds is 6. The lowest BCUT2D eigenvalue weighted by Gasteiger charge is -2.31. The predicted molar refractivity (Wildman–Crippen MR) is 111 cm³/mol. The van der Waals surface area contributed by atoms with Gasteiger partial charge in [0, 0.05) is 24.2 Å². The Hall–Kier alpha value is -2.44. The molecular formula is C21H22Cl2N2O4. The Morgan fingerprint density at radius 1 is 1.07 bits per heavy atom. The van der Waals surface area contributed by atoms with E-state index in [1.807, 2.05) is 30.3 Å². The van der Waals surface area contributed by atoms with Gasteiger partial charge >= 0.3 is 6.09 Å². The summed E-state index contributed by atoms with van der Waals surface area (Å²) in [6.45, 7) is 1.17. The molecule has 0 aromatic heterocycles. The van der Waals surface area contributed by atoms with E-state index in [1.54, 1.807) is 23.1 Å². The molecule has 8 heteroatoms. The van der Waals surface area contributed by atoms with Crippen molar-refractivity contribution in [2.75, 3.05) is 19.7 Å². The Labute approximate surface area is 179 Å². The summed E-state index contributed by atoms with van der Waals surface area (Å²) in [5, 5.41) is 3.78. The summed E-state index contributed by atoms with van der Waals surface area (Å²) < 4.78 is 10.8. The van der Waals surface area contributed by atoms with Gasteiger partial charge in [-0.2, -0.15) is 0 Å². The highest BCUT2D eigenvalue weighted by Crippen LogP contribution is 2.27. The average molecular weight is 437 g/mol. The maximum atomic E-state index is 12.2. The van der Waals surface area contributed by atoms with Gasteiger partial charge in [0.25, 0.3) is 5.91 Å². The molecule has 29 heavy (non-hydrogen) atoms. The smallest absolute Gasteiger partial charge is 0.410 e. The fourth-order valence-electron chi connectivity index (χ4n) is 3.02. The summed E-state index contributed by atoms with van der Waals surface area (Å²) in [5.74, 6) is 0.170. The van der Waals surface area contributed by atoms with Crippen LogP contribution in [0.3, 0.4) is 0 Å². The van der Waals surface area contributed by atoms with Gasteiger partial charge in [-0.1, -0.05) is 53.5 Å². The van der Waals surface area contributed by atoms with E-state index in [1.165, 1.54) is 0 Å². The Morgan fingerprint density at radius 3 is 2.48 bits per heavy atom. The minimum atomic E-state index is -0.334. The monoisotopic (exact) mass is 436 g/mol. The maximum absolute atomic E-state index is 12.2. The molecule has 1 aliphatic rings. The first-order valence-corrected chi connectivity index (χ1v) is 10.1. The number of ether oxygens (including phenoxy) is 2. The lowest BCUT2D eigenvalue weighted by Crippen LogP contribution is -2.47. The zero-order chi connectivity index (χ0) is 20.6. The van der Waals surface area contributed by atoms with E-state index in [2.05, 4.69) is 5.32 Å². The molecule has 1 aliphatic heterocycles. The SMILES string of the molecule is O=C(COc1ccc(Cl)cc1Cl)NC1CCN(C(=O)OCc2ccccc2)CC1. The van der Waals surface area contributed by atoms with Gasteiger partial charge in [-0.3, -0.25) is 4.79 Å². The molecule has 1 saturated heterocycles. The standard InChI is InChI=1S/C21H22Cl2N2O4/c22-16-6-7-19(18(23)12-16)28-14-20(26)24-17-8-10-25(11-9-17)21(27)29-13-15-4-2-1-3-5-15/h1-7,12,17H,8-11,13-14H2,(H,24,26). The van der Waals surface area contributed by atoms with Crippen molar-refractivity contribution in [2.45, 2.75) is 25.5 Å². The third kappa shape index (κ3) is 6.54. The Kier molecular flexibility index (Phi) is 7.61. The van der Waals surface area contributed by atoms with Gasteiger partial charge in [-0.05, 0) is 36.6 Å². The minimum absolute atomic E-state index is 0.00929. The molecule has 2 aromatic rings. The molecule has 0 atom stereocenters. The Bertz CT molecular complexity index is 840. The van der Waals surface area contributed by atoms with Crippen LogP contribution in [0.5, 0.6) is 5.75 Å². The van der Waals surface area contributed by atoms with Crippen LogP contribution in [0, 0.1) is 0 Å². The van der Waals surface area contributed by atoms with Gasteiger partial charge in [-0.25, -0.2) is 4.79 Å². The maximum Gasteiger partial charge on any atom is 0.410 e. The van der Waals surface area contributed by atoms with Crippen LogP contribution in [0.25, 0.3) is 0 Å². The van der Waals surface area contributed by atoms with Crippen molar-refractivity contribution in [3.63, 3.8) is 0 Å². The molecule has 154 valence electrons. The van der Waals surface area contributed by atoms with Crippen LogP contribution in [-0.4, -0.2) is 42.6 Å². The highest BCUT2D eigenvalue weighted by Gasteiger charge is 2.25. The third-order valence-corrected chi connectivity index (χ3v) is 5.11. The summed E-state index contributed by atoms with van der Waals surface area (Å²) in [6, 6.07) is 14.4. The number of benzene rings is 2. The third-order valence-electron chi connectivity index (χ3n) is 4.58. The van der Waals surface area contributed by atoms with Crippen molar-refractivity contribution in [2.24, 2.45) is 0 Å². The van der Waals surface area contributed by atoms with Crippen LogP contribution in [0.1, 0.15) is 18.4 Å². The van der Waals surface area contributed by atoms with Crippen LogP contribution >= 0.6 is 23.2 Å². The highest BCUT2D eigenvalue weighted by atomic mass is 35.5. The molecule has 0 unspecified atom stereocenters. The number of nitrogens with one attached hydrogen (secondary N) is 1. The fraction of sp³-hybridized carbons (Fsp3) is 0.333. The number of hydrogen-bond donors (Lipinski definition) is 1. The number of carbonyl (C=O) groups is 2. The molecule has 0 aliphatic carbocycles. The lowest BCUT2D eigenvalue weighted by molar-refractivity contribution is -0.124. The summed E-state index contributed by atoms with van der Waals surface area (Å²) in [6.07, 6.45) is 0.987. The van der Waals surface area contributed by atoms with E-state index in [-0.39, 0.29) is 31.3 Å². The number of piperidine rings is 1. The molecule has 0 bridgehead atoms. The van der Waals surface area contributed by atoms with Crippen molar-refractivity contribution in [3.8, 4) is 5.75 Å². The predicted octanol–water partition coefficient (Wildman–Crippen LogP) is 4.29. The highest BCUT2D eigenvalue weighted by molar-refractivity contribution is 6.35. The van der Waals surface area contributed by atoms with Gasteiger partial charge < -0.3 is 19.7 Å². The summed E-state index contributed by atoms with van der Waals surface area (Å²) in [4.78, 5) is 26.0. The van der Waals surface area contributed by atoms with Crippen molar-refractivity contribution < 1.29 is 19.1 Å². The zero-order valence-corrected chi connectivity index (χ0v) is 17.3. The molecule has 1 N–H and O–H groups in total. The first kappa shape index (κ1) is 21.3. The number of hydrogen-bond acceptors (Lipinski definition) is 4. The molecule has 0 spiro atoms. The van der Waals surface area contributed by atoms with Crippen LogP contribution in [0.2, 0.25) is 10.0 Å². The largest absolute Gasteiger partial charge is 0.482 e. The Morgan fingerprint density at radius 2 is 1.79 bits per heavy atom. The molecule has 6 nitrogen and oxygen atoms in total. The lowest BCUT2D eigenvalue weighted by atomic mass is 10.1. The fourth-order valence-corrected chi connectivity index (χ4v) is 3.48. The van der Waals surface area contributed by atoms with Crippen LogP contribution in [-0.2, 0) is 16.1 Å². The summed E-state index contributed by atoms with van der Waals surface area (Å²) in [5.41, 5.74) is 0.948. The van der Waals surface area contributed by atoms with Gasteiger partial charge in [0.1, 0.15) is 12.4 Å². The van der Waals surface area contributed by atoms with Gasteiger partial charge in [0.05, 0.1) is 5.02 Å². The van der Waals surface area contributed by atoms with E-state index in [0.29, 0.717) is 41.7 Å². The zero-order valence-electron chi connectivity index (χ0n) is 15.8. The van der Waals surface area contributed by atoms with Crippen molar-refractivity contribution in [1.82, 2.24) is 10.2 Å². The molecule has 3 rings (SSSR count). The molecule has 2 aromatic carbocycles. The molecule has 0 saturated carbocycles. The van der Waals surface area contributed by atoms with E-state index < -0.39 is 0 Å². The number of carbonyl (C=O) groups excluding carboxylic acids is 2. The number of nitrogens with zero attached hydrogens (tertiary/aromatic N) is 1. The van der Waals surface area contributed by atoms with E-state index in [9.17, 15) is 9.59 Å². The van der Waals surface area contributed by atoms with Crippen LogP contribution in [0.4, 0.5) is 4.79 Å². The first-order chi connectivity index (χ1) is 14.0. The van der Waals surface area contributed by atoms with Crippen molar-refractivity contribution in [3.05, 3.63) is 64.1 Å². The minimum Gasteiger partial charge on any atom is -0.482 e. The van der Waals surface area contributed by atoms with Crippen LogP contribution < -0.4 is 10.1 Å². The second kappa shape index (κ2) is 10.4. The van der Waals surface area contributed by atoms with Gasteiger partial charge in [0.2, 0.25) is 0 Å². The van der Waals surface area contributed by atoms with Gasteiger partial charge in [-0.15, -0.1) is 0 Å². The van der Waals surface area contributed by atoms with Crippen molar-refractivity contribution in [1.29, 1.82) is 0 Å². The average Bonchev–Trinajstić information content (AvgIpc) is 2.72. The summed E-state index contributed by atoms with van der Waals surface area (Å²) in [7, 11) is 0. The Balaban J connectivity index is 1.36. The quantitative estimate of drug-likeness (QED) is 0.732. The summed E-state index contributed by atoms with van der Waals surface area (Å²) >= 11 is 11.9. The van der Waals surface area contributed by atoms with Gasteiger partial charge in [0.15, 0.2) is 6.61 Å². The van der Waals surface area contributed by atoms with Crippen LogP contribution in [0.15, 0.2) is 48.5 Å². The first-order valence-electron chi connectivity index (χ1n) is 9.34. The molecule has 1 heterocycles. The molecule has 1 fully saturated rings. The second-order valence-electron chi connectivity index (χ2n) is 6.73. The van der Waals surface area contributed by atoms with E-state index in [4.69, 9.17) is 32.7 Å². The van der Waals surface area contributed by atoms with E-state index >= 15 is 0 Å². The number of likely N-dealkylation sites (tertiary alicyclic amines) is 1. The number of amides is 2. The van der Waals surface area contributed by atoms with E-state index in [0.717, 1.165) is 5.56 Å². The second-order valence-corrected chi connectivity index (χ2v) is 7.58. The molecule has 0 radical (unpaired) electrons. The topological polar surface area (TPSA) is 67.9 Å². The molecular weight excluding hydrogens is 415 g/mol. The van der Waals surface area contributed by atoms with Crippen molar-refractivity contribution >= 4 is 35.2 Å². The number of halogens is 2.